The first kappa shape index (κ1) is 21.6. The van der Waals surface area contributed by atoms with E-state index in [9.17, 15) is 10.1 Å². The number of nitrogens with zero attached hydrogens (tertiary/aromatic N) is 2. The van der Waals surface area contributed by atoms with Gasteiger partial charge in [0.25, 0.3) is 5.91 Å². The normalized spacial score (nSPS) is 11.0. The average Bonchev–Trinajstić information content (AvgIpc) is 2.87. The monoisotopic (exact) mass is 435 g/mol. The fraction of sp³-hybridized carbons (Fsp3) is 0.0741. The summed E-state index contributed by atoms with van der Waals surface area (Å²) in [5, 5.41) is 13.2. The van der Waals surface area contributed by atoms with Crippen molar-refractivity contribution in [3.05, 3.63) is 102 Å². The van der Waals surface area contributed by atoms with Crippen molar-refractivity contribution in [3.63, 3.8) is 0 Å². The lowest BCUT2D eigenvalue weighted by Gasteiger charge is -2.12. The maximum absolute atomic E-state index is 12.8. The van der Waals surface area contributed by atoms with Crippen LogP contribution in [0.25, 0.3) is 17.0 Å². The number of amides is 1. The number of aromatic nitrogens is 1. The number of hydrogen-bond acceptors (Lipinski definition) is 5. The highest BCUT2D eigenvalue weighted by Crippen LogP contribution is 2.30. The van der Waals surface area contributed by atoms with Crippen LogP contribution >= 0.6 is 0 Å². The Kier molecular flexibility index (Phi) is 6.62. The fourth-order valence-corrected chi connectivity index (χ4v) is 3.35. The van der Waals surface area contributed by atoms with E-state index in [4.69, 9.17) is 9.47 Å². The molecule has 162 valence electrons. The zero-order valence-electron chi connectivity index (χ0n) is 18.0. The minimum atomic E-state index is -0.503. The van der Waals surface area contributed by atoms with Crippen LogP contribution in [0.1, 0.15) is 11.1 Å². The molecule has 4 rings (SSSR count). The number of anilines is 1. The molecule has 0 saturated carbocycles. The van der Waals surface area contributed by atoms with Crippen molar-refractivity contribution in [2.24, 2.45) is 0 Å². The van der Waals surface area contributed by atoms with Gasteiger partial charge in [-0.15, -0.1) is 0 Å². The van der Waals surface area contributed by atoms with Gasteiger partial charge in [0.2, 0.25) is 0 Å². The van der Waals surface area contributed by atoms with Gasteiger partial charge >= 0.3 is 0 Å². The number of hydrogen-bond donors (Lipinski definition) is 1. The quantitative estimate of drug-likeness (QED) is 0.312. The number of rotatable bonds is 7. The summed E-state index contributed by atoms with van der Waals surface area (Å²) in [4.78, 5) is 17.1. The SMILES string of the molecule is COc1cc(/C=C(\C#N)C(=O)Nc2cccc3ncccc23)ccc1OCc1ccccc1. The Morgan fingerprint density at radius 2 is 1.88 bits per heavy atom. The summed E-state index contributed by atoms with van der Waals surface area (Å²) >= 11 is 0. The van der Waals surface area contributed by atoms with Gasteiger partial charge in [-0.2, -0.15) is 5.26 Å². The molecule has 0 aliphatic rings. The minimum absolute atomic E-state index is 0.0316. The molecule has 0 atom stereocenters. The highest BCUT2D eigenvalue weighted by atomic mass is 16.5. The third-order valence-electron chi connectivity index (χ3n) is 4.99. The Morgan fingerprint density at radius 1 is 1.03 bits per heavy atom. The molecule has 6 heteroatoms. The average molecular weight is 435 g/mol. The summed E-state index contributed by atoms with van der Waals surface area (Å²) in [5.41, 5.74) is 3.00. The summed E-state index contributed by atoms with van der Waals surface area (Å²) in [5.74, 6) is 0.583. The van der Waals surface area contributed by atoms with E-state index >= 15 is 0 Å². The molecule has 1 N–H and O–H groups in total. The molecule has 0 fully saturated rings. The van der Waals surface area contributed by atoms with Crippen LogP contribution in [0.4, 0.5) is 5.69 Å². The van der Waals surface area contributed by atoms with Crippen LogP contribution in [-0.2, 0) is 11.4 Å². The molecule has 0 aliphatic heterocycles. The topological polar surface area (TPSA) is 84.2 Å². The van der Waals surface area contributed by atoms with E-state index in [1.54, 1.807) is 49.7 Å². The van der Waals surface area contributed by atoms with E-state index in [1.807, 2.05) is 48.5 Å². The van der Waals surface area contributed by atoms with Gasteiger partial charge in [0.15, 0.2) is 11.5 Å². The second-order valence-corrected chi connectivity index (χ2v) is 7.18. The molecule has 0 bridgehead atoms. The van der Waals surface area contributed by atoms with Crippen LogP contribution in [0.2, 0.25) is 0 Å². The maximum Gasteiger partial charge on any atom is 0.266 e. The smallest absolute Gasteiger partial charge is 0.266 e. The third kappa shape index (κ3) is 5.17. The number of pyridine rings is 1. The fourth-order valence-electron chi connectivity index (χ4n) is 3.35. The summed E-state index contributed by atoms with van der Waals surface area (Å²) < 4.78 is 11.3. The lowest BCUT2D eigenvalue weighted by atomic mass is 10.1. The molecule has 0 radical (unpaired) electrons. The Hall–Kier alpha value is -4.63. The van der Waals surface area contributed by atoms with Crippen LogP contribution in [0, 0.1) is 11.3 Å². The standard InChI is InChI=1S/C27H21N3O3/c1-32-26-16-20(12-13-25(26)33-18-19-7-3-2-4-8-19)15-21(17-28)27(31)30-24-11-5-10-23-22(24)9-6-14-29-23/h2-16H,18H2,1H3,(H,30,31)/b21-15+. The molecule has 4 aromatic rings. The van der Waals surface area contributed by atoms with E-state index in [1.165, 1.54) is 6.08 Å². The van der Waals surface area contributed by atoms with Crippen molar-refractivity contribution in [2.45, 2.75) is 6.61 Å². The second-order valence-electron chi connectivity index (χ2n) is 7.18. The molecular weight excluding hydrogens is 414 g/mol. The Balaban J connectivity index is 1.53. The number of carbonyl (C=O) groups is 1. The number of benzene rings is 3. The van der Waals surface area contributed by atoms with Gasteiger partial charge < -0.3 is 14.8 Å². The predicted molar refractivity (Wildman–Crippen MR) is 128 cm³/mol. The molecule has 0 aliphatic carbocycles. The number of nitriles is 1. The Morgan fingerprint density at radius 3 is 2.67 bits per heavy atom. The highest BCUT2D eigenvalue weighted by molar-refractivity contribution is 6.12. The lowest BCUT2D eigenvalue weighted by molar-refractivity contribution is -0.112. The molecule has 0 spiro atoms. The largest absolute Gasteiger partial charge is 0.493 e. The van der Waals surface area contributed by atoms with E-state index in [2.05, 4.69) is 10.3 Å². The number of nitrogens with one attached hydrogen (secondary N) is 1. The number of carbonyl (C=O) groups excluding carboxylic acids is 1. The molecule has 0 saturated heterocycles. The molecule has 6 nitrogen and oxygen atoms in total. The van der Waals surface area contributed by atoms with Gasteiger partial charge in [-0.1, -0.05) is 42.5 Å². The molecule has 3 aromatic carbocycles. The molecule has 33 heavy (non-hydrogen) atoms. The van der Waals surface area contributed by atoms with Crippen LogP contribution in [0.3, 0.4) is 0 Å². The number of methoxy groups -OCH3 is 1. The number of ether oxygens (including phenoxy) is 2. The van der Waals surface area contributed by atoms with Crippen LogP contribution in [0.5, 0.6) is 11.5 Å². The van der Waals surface area contributed by atoms with E-state index in [0.717, 1.165) is 16.5 Å². The first-order chi connectivity index (χ1) is 16.2. The van der Waals surface area contributed by atoms with Crippen molar-refractivity contribution >= 4 is 28.6 Å². The molecule has 1 heterocycles. The molecule has 1 aromatic heterocycles. The van der Waals surface area contributed by atoms with E-state index in [0.29, 0.717) is 29.4 Å². The van der Waals surface area contributed by atoms with Crippen molar-refractivity contribution < 1.29 is 14.3 Å². The lowest BCUT2D eigenvalue weighted by Crippen LogP contribution is -2.13. The van der Waals surface area contributed by atoms with Gasteiger partial charge in [0.1, 0.15) is 18.2 Å². The van der Waals surface area contributed by atoms with Crippen molar-refractivity contribution in [1.29, 1.82) is 5.26 Å². The third-order valence-corrected chi connectivity index (χ3v) is 4.99. The second kappa shape index (κ2) is 10.1. The van der Waals surface area contributed by atoms with Crippen LogP contribution < -0.4 is 14.8 Å². The number of fused-ring (bicyclic) bond motifs is 1. The highest BCUT2D eigenvalue weighted by Gasteiger charge is 2.13. The molecule has 1 amide bonds. The van der Waals surface area contributed by atoms with Crippen LogP contribution in [-0.4, -0.2) is 18.0 Å². The van der Waals surface area contributed by atoms with Gasteiger partial charge in [-0.05, 0) is 53.6 Å². The van der Waals surface area contributed by atoms with Crippen LogP contribution in [0.15, 0.2) is 90.6 Å². The van der Waals surface area contributed by atoms with E-state index < -0.39 is 5.91 Å². The van der Waals surface area contributed by atoms with Gasteiger partial charge in [-0.3, -0.25) is 9.78 Å². The first-order valence-electron chi connectivity index (χ1n) is 10.3. The van der Waals surface area contributed by atoms with Gasteiger partial charge in [0.05, 0.1) is 18.3 Å². The molecule has 0 unspecified atom stereocenters. The van der Waals surface area contributed by atoms with E-state index in [-0.39, 0.29) is 5.57 Å². The summed E-state index contributed by atoms with van der Waals surface area (Å²) in [6.07, 6.45) is 3.21. The molecular formula is C27H21N3O3. The Bertz CT molecular complexity index is 1350. The van der Waals surface area contributed by atoms with Crippen molar-refractivity contribution in [3.8, 4) is 17.6 Å². The summed E-state index contributed by atoms with van der Waals surface area (Å²) in [7, 11) is 1.55. The zero-order chi connectivity index (χ0) is 23.0. The minimum Gasteiger partial charge on any atom is -0.493 e. The summed E-state index contributed by atoms with van der Waals surface area (Å²) in [6.45, 7) is 0.401. The predicted octanol–water partition coefficient (Wildman–Crippen LogP) is 5.37. The van der Waals surface area contributed by atoms with Crippen molar-refractivity contribution in [2.75, 3.05) is 12.4 Å². The first-order valence-corrected chi connectivity index (χ1v) is 10.3. The zero-order valence-corrected chi connectivity index (χ0v) is 18.0. The summed E-state index contributed by atoms with van der Waals surface area (Å²) in [6, 6.07) is 26.2. The van der Waals surface area contributed by atoms with Gasteiger partial charge in [0, 0.05) is 11.6 Å². The van der Waals surface area contributed by atoms with Crippen molar-refractivity contribution in [1.82, 2.24) is 4.98 Å². The van der Waals surface area contributed by atoms with Gasteiger partial charge in [-0.25, -0.2) is 0 Å². The Labute approximate surface area is 191 Å². The maximum atomic E-state index is 12.8.